The number of rotatable bonds is 5. The van der Waals surface area contributed by atoms with E-state index in [-0.39, 0.29) is 18.1 Å². The van der Waals surface area contributed by atoms with Crippen molar-refractivity contribution in [2.45, 2.75) is 59.2 Å². The second-order valence-electron chi connectivity index (χ2n) is 11.5. The van der Waals surface area contributed by atoms with Crippen molar-refractivity contribution in [3.63, 3.8) is 0 Å². The van der Waals surface area contributed by atoms with E-state index in [9.17, 15) is 9.59 Å². The van der Waals surface area contributed by atoms with Crippen LogP contribution in [0.2, 0.25) is 0 Å². The van der Waals surface area contributed by atoms with Crippen molar-refractivity contribution >= 4 is 34.3 Å². The number of nitrogens with zero attached hydrogens (tertiary/aromatic N) is 3. The van der Waals surface area contributed by atoms with Gasteiger partial charge in [-0.05, 0) is 63.1 Å². The molecule has 3 aromatic rings. The van der Waals surface area contributed by atoms with E-state index in [0.717, 1.165) is 57.7 Å². The minimum Gasteiger partial charge on any atom is -0.489 e. The molecule has 214 valence electrons. The van der Waals surface area contributed by atoms with Gasteiger partial charge in [-0.25, -0.2) is 4.79 Å². The van der Waals surface area contributed by atoms with Gasteiger partial charge in [-0.2, -0.15) is 5.10 Å². The molecule has 2 fully saturated rings. The minimum atomic E-state index is -0.539. The maximum Gasteiger partial charge on any atom is 0.410 e. The van der Waals surface area contributed by atoms with E-state index in [4.69, 9.17) is 14.2 Å². The Morgan fingerprint density at radius 1 is 1.05 bits per heavy atom. The molecule has 0 radical (unpaired) electrons. The van der Waals surface area contributed by atoms with Gasteiger partial charge in [0.05, 0.1) is 41.2 Å². The molecule has 2 aliphatic heterocycles. The monoisotopic (exact) mass is 549 g/mol. The number of ether oxygens (including phenoxy) is 3. The average Bonchev–Trinajstić information content (AvgIpc) is 3.29. The van der Waals surface area contributed by atoms with Crippen LogP contribution in [0.1, 0.15) is 46.2 Å². The number of carbonyl (C=O) groups excluding carboxylic acids is 2. The molecule has 0 atom stereocenters. The largest absolute Gasteiger partial charge is 0.489 e. The van der Waals surface area contributed by atoms with Crippen LogP contribution in [0, 0.1) is 6.92 Å². The average molecular weight is 550 g/mol. The SMILES string of the molecule is CC(=O)Nc1ccc(-c2cc(OC3CCOCC3)c3c(C)n[nH]c3c2)cc1N1CCN(C(=O)OC(C)(C)C)CC1. The lowest BCUT2D eigenvalue weighted by Gasteiger charge is -2.37. The summed E-state index contributed by atoms with van der Waals surface area (Å²) in [6, 6.07) is 10.2. The summed E-state index contributed by atoms with van der Waals surface area (Å²) in [5.41, 5.74) is 4.89. The summed E-state index contributed by atoms with van der Waals surface area (Å²) >= 11 is 0. The first-order valence-corrected chi connectivity index (χ1v) is 14.0. The van der Waals surface area contributed by atoms with Crippen LogP contribution in [-0.2, 0) is 14.3 Å². The number of H-pyrrole nitrogens is 1. The van der Waals surface area contributed by atoms with Crippen LogP contribution < -0.4 is 15.0 Å². The molecule has 2 saturated heterocycles. The van der Waals surface area contributed by atoms with Gasteiger partial charge in [0.1, 0.15) is 17.5 Å². The summed E-state index contributed by atoms with van der Waals surface area (Å²) < 4.78 is 17.6. The molecule has 0 aliphatic carbocycles. The van der Waals surface area contributed by atoms with Gasteiger partial charge in [-0.15, -0.1) is 0 Å². The minimum absolute atomic E-state index is 0.0977. The molecular weight excluding hydrogens is 510 g/mol. The molecule has 2 aliphatic rings. The number of hydrogen-bond acceptors (Lipinski definition) is 7. The number of carbonyl (C=O) groups is 2. The quantitative estimate of drug-likeness (QED) is 0.455. The van der Waals surface area contributed by atoms with E-state index < -0.39 is 5.60 Å². The fourth-order valence-electron chi connectivity index (χ4n) is 5.23. The lowest BCUT2D eigenvalue weighted by Crippen LogP contribution is -2.50. The molecule has 5 rings (SSSR count). The van der Waals surface area contributed by atoms with Crippen molar-refractivity contribution in [3.05, 3.63) is 36.0 Å². The molecular formula is C30H39N5O5. The van der Waals surface area contributed by atoms with Gasteiger partial charge in [0.25, 0.3) is 0 Å². The lowest BCUT2D eigenvalue weighted by molar-refractivity contribution is -0.114. The van der Waals surface area contributed by atoms with Crippen molar-refractivity contribution in [1.29, 1.82) is 0 Å². The van der Waals surface area contributed by atoms with Crippen molar-refractivity contribution in [1.82, 2.24) is 15.1 Å². The van der Waals surface area contributed by atoms with E-state index in [1.165, 1.54) is 6.92 Å². The zero-order valence-electron chi connectivity index (χ0n) is 24.0. The van der Waals surface area contributed by atoms with Crippen molar-refractivity contribution < 1.29 is 23.8 Å². The van der Waals surface area contributed by atoms with Crippen LogP contribution in [0.25, 0.3) is 22.0 Å². The number of anilines is 2. The van der Waals surface area contributed by atoms with Gasteiger partial charge in [0.2, 0.25) is 5.91 Å². The van der Waals surface area contributed by atoms with Gasteiger partial charge in [0, 0.05) is 45.9 Å². The van der Waals surface area contributed by atoms with Crippen LogP contribution in [0.5, 0.6) is 5.75 Å². The first-order chi connectivity index (χ1) is 19.1. The maximum atomic E-state index is 12.6. The second-order valence-corrected chi connectivity index (χ2v) is 11.5. The molecule has 10 heteroatoms. The molecule has 2 amide bonds. The van der Waals surface area contributed by atoms with E-state index in [2.05, 4.69) is 38.6 Å². The number of piperazine rings is 1. The summed E-state index contributed by atoms with van der Waals surface area (Å²) in [4.78, 5) is 28.6. The molecule has 2 aromatic carbocycles. The Hall–Kier alpha value is -3.79. The Bertz CT molecular complexity index is 1380. The molecule has 2 N–H and O–H groups in total. The highest BCUT2D eigenvalue weighted by Crippen LogP contribution is 2.38. The zero-order valence-corrected chi connectivity index (χ0v) is 24.0. The van der Waals surface area contributed by atoms with Gasteiger partial charge in [-0.3, -0.25) is 9.89 Å². The van der Waals surface area contributed by atoms with Crippen LogP contribution >= 0.6 is 0 Å². The number of hydrogen-bond donors (Lipinski definition) is 2. The van der Waals surface area contributed by atoms with E-state index in [0.29, 0.717) is 39.4 Å². The summed E-state index contributed by atoms with van der Waals surface area (Å²) in [5, 5.41) is 11.6. The molecule has 3 heterocycles. The lowest BCUT2D eigenvalue weighted by atomic mass is 10.0. The number of amides is 2. The molecule has 0 bridgehead atoms. The van der Waals surface area contributed by atoms with Gasteiger partial charge in [-0.1, -0.05) is 6.07 Å². The molecule has 40 heavy (non-hydrogen) atoms. The van der Waals surface area contributed by atoms with Gasteiger partial charge < -0.3 is 29.3 Å². The number of benzene rings is 2. The number of aromatic amines is 1. The standard InChI is InChI=1S/C30H39N5O5/c1-19-28-25(33-32-19)16-22(18-27(28)39-23-8-14-38-15-9-23)21-6-7-24(31-20(2)36)26(17-21)34-10-12-35(13-11-34)29(37)40-30(3,4)5/h6-7,16-18,23H,8-15H2,1-5H3,(H,31,36)(H,32,33). The first-order valence-electron chi connectivity index (χ1n) is 14.0. The van der Waals surface area contributed by atoms with Crippen LogP contribution in [0.15, 0.2) is 30.3 Å². The Kier molecular flexibility index (Phi) is 7.89. The molecule has 1 aromatic heterocycles. The summed E-state index contributed by atoms with van der Waals surface area (Å²) in [5.74, 6) is 0.673. The third-order valence-corrected chi connectivity index (χ3v) is 7.18. The van der Waals surface area contributed by atoms with E-state index >= 15 is 0 Å². The normalized spacial score (nSPS) is 16.7. The summed E-state index contributed by atoms with van der Waals surface area (Å²) in [6.45, 7) is 12.8. The zero-order chi connectivity index (χ0) is 28.4. The Labute approximate surface area is 234 Å². The third-order valence-electron chi connectivity index (χ3n) is 7.18. The summed E-state index contributed by atoms with van der Waals surface area (Å²) in [6.07, 6.45) is 1.50. The third kappa shape index (κ3) is 6.33. The molecule has 0 unspecified atom stereocenters. The highest BCUT2D eigenvalue weighted by molar-refractivity contribution is 5.96. The van der Waals surface area contributed by atoms with Crippen molar-refractivity contribution in [3.8, 4) is 16.9 Å². The maximum absolute atomic E-state index is 12.6. The molecule has 0 saturated carbocycles. The number of nitrogens with one attached hydrogen (secondary N) is 2. The Morgan fingerprint density at radius 3 is 2.45 bits per heavy atom. The fraction of sp³-hybridized carbons (Fsp3) is 0.500. The van der Waals surface area contributed by atoms with Crippen LogP contribution in [0.3, 0.4) is 0 Å². The van der Waals surface area contributed by atoms with Crippen molar-refractivity contribution in [2.75, 3.05) is 49.6 Å². The molecule has 10 nitrogen and oxygen atoms in total. The van der Waals surface area contributed by atoms with Crippen LogP contribution in [-0.4, -0.2) is 78.2 Å². The number of aromatic nitrogens is 2. The highest BCUT2D eigenvalue weighted by Gasteiger charge is 2.27. The smallest absolute Gasteiger partial charge is 0.410 e. The molecule has 0 spiro atoms. The second kappa shape index (κ2) is 11.4. The summed E-state index contributed by atoms with van der Waals surface area (Å²) in [7, 11) is 0. The Balaban J connectivity index is 1.44. The van der Waals surface area contributed by atoms with E-state index in [1.54, 1.807) is 4.90 Å². The fourth-order valence-corrected chi connectivity index (χ4v) is 5.23. The van der Waals surface area contributed by atoms with E-state index in [1.807, 2.05) is 39.8 Å². The first kappa shape index (κ1) is 27.8. The predicted octanol–water partition coefficient (Wildman–Crippen LogP) is 5.11. The predicted molar refractivity (Wildman–Crippen MR) is 155 cm³/mol. The topological polar surface area (TPSA) is 109 Å². The number of fused-ring (bicyclic) bond motifs is 1. The van der Waals surface area contributed by atoms with Crippen molar-refractivity contribution in [2.24, 2.45) is 0 Å². The Morgan fingerprint density at radius 2 is 1.77 bits per heavy atom. The highest BCUT2D eigenvalue weighted by atomic mass is 16.6. The van der Waals surface area contributed by atoms with Gasteiger partial charge in [0.15, 0.2) is 0 Å². The van der Waals surface area contributed by atoms with Gasteiger partial charge >= 0.3 is 6.09 Å². The van der Waals surface area contributed by atoms with Crippen LogP contribution in [0.4, 0.5) is 16.2 Å². The number of aryl methyl sites for hydroxylation is 1.